The van der Waals surface area contributed by atoms with Gasteiger partial charge in [-0.25, -0.2) is 0 Å². The van der Waals surface area contributed by atoms with E-state index in [0.717, 1.165) is 12.8 Å². The molecule has 1 aliphatic carbocycles. The lowest BCUT2D eigenvalue weighted by Crippen LogP contribution is -2.34. The Morgan fingerprint density at radius 1 is 0.750 bits per heavy atom. The fraction of sp³-hybridized carbons (Fsp3) is 0.179. The van der Waals surface area contributed by atoms with Gasteiger partial charge >= 0.3 is 0 Å². The normalized spacial score (nSPS) is 14.7. The minimum absolute atomic E-state index is 0.0344. The van der Waals surface area contributed by atoms with Gasteiger partial charge in [0.2, 0.25) is 0 Å². The van der Waals surface area contributed by atoms with Crippen molar-refractivity contribution in [2.45, 2.75) is 25.2 Å². The lowest BCUT2D eigenvalue weighted by Gasteiger charge is -2.30. The van der Waals surface area contributed by atoms with Gasteiger partial charge in [0.1, 0.15) is 0 Å². The van der Waals surface area contributed by atoms with Gasteiger partial charge in [0, 0.05) is 28.5 Å². The molecule has 3 aromatic carbocycles. The van der Waals surface area contributed by atoms with E-state index in [1.807, 2.05) is 24.3 Å². The van der Waals surface area contributed by atoms with E-state index in [-0.39, 0.29) is 17.3 Å². The smallest absolute Gasteiger partial charge is 0.174 e. The lowest BCUT2D eigenvalue weighted by molar-refractivity contribution is -0.116. The molecule has 0 aliphatic heterocycles. The third-order valence-electron chi connectivity index (χ3n) is 5.88. The van der Waals surface area contributed by atoms with Gasteiger partial charge in [0.05, 0.1) is 5.92 Å². The summed E-state index contributed by atoms with van der Waals surface area (Å²) in [5.74, 6) is -2.52. The van der Waals surface area contributed by atoms with Crippen molar-refractivity contribution in [2.75, 3.05) is 0 Å². The van der Waals surface area contributed by atoms with E-state index < -0.39 is 11.8 Å². The number of Topliss-reactive ketones (excluding diaryl/α,β-unsaturated/α-hetero) is 3. The molecule has 0 spiro atoms. The molecule has 160 valence electrons. The number of rotatable bonds is 7. The summed E-state index contributed by atoms with van der Waals surface area (Å²) in [5.41, 5.74) is 1.99. The average molecular weight is 443 g/mol. The molecule has 4 rings (SSSR count). The van der Waals surface area contributed by atoms with E-state index in [1.165, 1.54) is 0 Å². The minimum atomic E-state index is -1.10. The van der Waals surface area contributed by atoms with E-state index in [0.29, 0.717) is 33.7 Å². The van der Waals surface area contributed by atoms with Crippen molar-refractivity contribution in [3.63, 3.8) is 0 Å². The quantitative estimate of drug-likeness (QED) is 0.310. The molecule has 0 N–H and O–H groups in total. The highest BCUT2D eigenvalue weighted by molar-refractivity contribution is 6.31. The summed E-state index contributed by atoms with van der Waals surface area (Å²) in [7, 11) is 0. The standard InChI is InChI=1S/C28H23ClO3/c29-23-17-9-7-15-21(23)25(22-16-8-10-18-24(22)30)26(27(31)19-11-3-1-4-12-19)28(32)20-13-5-2-6-14-20/h1-7,9,11-17,25-26H,8,10,18H2. The van der Waals surface area contributed by atoms with Crippen molar-refractivity contribution in [1.29, 1.82) is 0 Å². The first-order valence-electron chi connectivity index (χ1n) is 10.7. The summed E-state index contributed by atoms with van der Waals surface area (Å²) in [6, 6.07) is 24.7. The third-order valence-corrected chi connectivity index (χ3v) is 6.23. The molecule has 0 saturated heterocycles. The number of carbonyl (C=O) groups is 3. The van der Waals surface area contributed by atoms with Crippen LogP contribution in [0.25, 0.3) is 0 Å². The molecule has 3 aromatic rings. The van der Waals surface area contributed by atoms with Gasteiger partial charge in [0.25, 0.3) is 0 Å². The molecule has 1 unspecified atom stereocenters. The Morgan fingerprint density at radius 3 is 1.81 bits per heavy atom. The van der Waals surface area contributed by atoms with Crippen LogP contribution >= 0.6 is 11.6 Å². The van der Waals surface area contributed by atoms with E-state index >= 15 is 0 Å². The molecule has 32 heavy (non-hydrogen) atoms. The van der Waals surface area contributed by atoms with E-state index in [4.69, 9.17) is 11.6 Å². The predicted molar refractivity (Wildman–Crippen MR) is 126 cm³/mol. The molecule has 0 radical (unpaired) electrons. The van der Waals surface area contributed by atoms with Gasteiger partial charge in [-0.15, -0.1) is 0 Å². The molecule has 0 bridgehead atoms. The number of halogens is 1. The summed E-state index contributed by atoms with van der Waals surface area (Å²) in [4.78, 5) is 40.7. The second-order valence-electron chi connectivity index (χ2n) is 7.91. The first-order chi connectivity index (χ1) is 15.6. The molecule has 1 atom stereocenters. The van der Waals surface area contributed by atoms with Crippen LogP contribution in [0.15, 0.2) is 96.6 Å². The molecular formula is C28H23ClO3. The van der Waals surface area contributed by atoms with Gasteiger partial charge in [-0.1, -0.05) is 96.5 Å². The van der Waals surface area contributed by atoms with Crippen molar-refractivity contribution in [2.24, 2.45) is 5.92 Å². The monoisotopic (exact) mass is 442 g/mol. The van der Waals surface area contributed by atoms with Crippen molar-refractivity contribution < 1.29 is 14.4 Å². The summed E-state index contributed by atoms with van der Waals surface area (Å²) in [6.07, 6.45) is 3.78. The molecular weight excluding hydrogens is 420 g/mol. The van der Waals surface area contributed by atoms with Crippen molar-refractivity contribution in [3.05, 3.63) is 118 Å². The average Bonchev–Trinajstić information content (AvgIpc) is 2.84. The van der Waals surface area contributed by atoms with Crippen LogP contribution in [0.3, 0.4) is 0 Å². The molecule has 1 aliphatic rings. The number of allylic oxidation sites excluding steroid dienone is 2. The number of hydrogen-bond donors (Lipinski definition) is 0. The van der Waals surface area contributed by atoms with Crippen LogP contribution in [-0.4, -0.2) is 17.3 Å². The van der Waals surface area contributed by atoms with Gasteiger partial charge in [-0.05, 0) is 30.0 Å². The fourth-order valence-electron chi connectivity index (χ4n) is 4.32. The second kappa shape index (κ2) is 9.88. The maximum absolute atomic E-state index is 13.8. The Hall–Kier alpha value is -3.30. The zero-order valence-electron chi connectivity index (χ0n) is 17.5. The molecule has 4 heteroatoms. The lowest BCUT2D eigenvalue weighted by atomic mass is 9.71. The first-order valence-corrected chi connectivity index (χ1v) is 11.1. The summed E-state index contributed by atoms with van der Waals surface area (Å²) < 4.78 is 0. The summed E-state index contributed by atoms with van der Waals surface area (Å²) in [6.45, 7) is 0. The molecule has 0 heterocycles. The Labute approximate surface area is 192 Å². The third kappa shape index (κ3) is 4.49. The zero-order valence-corrected chi connectivity index (χ0v) is 18.3. The van der Waals surface area contributed by atoms with Crippen LogP contribution in [0.2, 0.25) is 5.02 Å². The molecule has 0 saturated carbocycles. The van der Waals surface area contributed by atoms with Crippen molar-refractivity contribution in [3.8, 4) is 0 Å². The molecule has 0 fully saturated rings. The molecule has 0 aromatic heterocycles. The highest BCUT2D eigenvalue weighted by Gasteiger charge is 2.41. The Kier molecular flexibility index (Phi) is 6.77. The number of benzene rings is 3. The highest BCUT2D eigenvalue weighted by atomic mass is 35.5. The number of hydrogen-bond acceptors (Lipinski definition) is 3. The Bertz CT molecular complexity index is 1110. The molecule has 3 nitrogen and oxygen atoms in total. The van der Waals surface area contributed by atoms with Crippen LogP contribution in [0, 0.1) is 5.92 Å². The summed E-state index contributed by atoms with van der Waals surface area (Å²) >= 11 is 6.57. The van der Waals surface area contributed by atoms with Crippen LogP contribution < -0.4 is 0 Å². The van der Waals surface area contributed by atoms with Gasteiger partial charge in [-0.2, -0.15) is 0 Å². The fourth-order valence-corrected chi connectivity index (χ4v) is 4.57. The van der Waals surface area contributed by atoms with Crippen LogP contribution in [0.4, 0.5) is 0 Å². The maximum atomic E-state index is 13.8. The highest BCUT2D eigenvalue weighted by Crippen LogP contribution is 2.41. The number of ketones is 3. The SMILES string of the molecule is O=C1CCCC=C1C(c1ccccc1Cl)C(C(=O)c1ccccc1)C(=O)c1ccccc1. The Balaban J connectivity index is 1.93. The largest absolute Gasteiger partial charge is 0.295 e. The van der Waals surface area contributed by atoms with Gasteiger partial charge in [0.15, 0.2) is 17.3 Å². The van der Waals surface area contributed by atoms with Crippen LogP contribution in [0.5, 0.6) is 0 Å². The molecule has 0 amide bonds. The Morgan fingerprint density at radius 2 is 1.28 bits per heavy atom. The predicted octanol–water partition coefficient (Wildman–Crippen LogP) is 6.49. The first kappa shape index (κ1) is 21.9. The van der Waals surface area contributed by atoms with E-state index in [2.05, 4.69) is 0 Å². The van der Waals surface area contributed by atoms with Crippen LogP contribution in [0.1, 0.15) is 51.5 Å². The summed E-state index contributed by atoms with van der Waals surface area (Å²) in [5, 5.41) is 0.434. The van der Waals surface area contributed by atoms with E-state index in [1.54, 1.807) is 66.7 Å². The second-order valence-corrected chi connectivity index (χ2v) is 8.32. The minimum Gasteiger partial charge on any atom is -0.295 e. The van der Waals surface area contributed by atoms with Crippen LogP contribution in [-0.2, 0) is 4.79 Å². The number of carbonyl (C=O) groups excluding carboxylic acids is 3. The topological polar surface area (TPSA) is 51.2 Å². The van der Waals surface area contributed by atoms with Crippen molar-refractivity contribution >= 4 is 29.0 Å². The van der Waals surface area contributed by atoms with Crippen molar-refractivity contribution in [1.82, 2.24) is 0 Å². The zero-order chi connectivity index (χ0) is 22.5. The van der Waals surface area contributed by atoms with Gasteiger partial charge < -0.3 is 0 Å². The maximum Gasteiger partial charge on any atom is 0.174 e. The van der Waals surface area contributed by atoms with E-state index in [9.17, 15) is 14.4 Å². The van der Waals surface area contributed by atoms with Gasteiger partial charge in [-0.3, -0.25) is 14.4 Å².